The average molecular weight is 290 g/mol. The van der Waals surface area contributed by atoms with Crippen molar-refractivity contribution in [3.05, 3.63) is 35.9 Å². The van der Waals surface area contributed by atoms with Gasteiger partial charge in [-0.3, -0.25) is 4.79 Å². The second kappa shape index (κ2) is 7.11. The minimum Gasteiger partial charge on any atom is -0.481 e. The molecule has 1 saturated heterocycles. The number of nitrogens with zero attached hydrogens (tertiary/aromatic N) is 1. The van der Waals surface area contributed by atoms with Crippen LogP contribution in [-0.2, 0) is 4.79 Å². The van der Waals surface area contributed by atoms with Gasteiger partial charge in [-0.25, -0.2) is 4.79 Å². The average Bonchev–Trinajstić information content (AvgIpc) is 2.96. The predicted octanol–water partition coefficient (Wildman–Crippen LogP) is 2.44. The number of hydrogen-bond donors (Lipinski definition) is 2. The van der Waals surface area contributed by atoms with E-state index in [1.165, 1.54) is 5.56 Å². The highest BCUT2D eigenvalue weighted by Crippen LogP contribution is 2.26. The zero-order valence-electron chi connectivity index (χ0n) is 12.3. The number of benzene rings is 1. The van der Waals surface area contributed by atoms with Gasteiger partial charge in [-0.05, 0) is 25.3 Å². The summed E-state index contributed by atoms with van der Waals surface area (Å²) >= 11 is 0. The summed E-state index contributed by atoms with van der Waals surface area (Å²) in [6, 6.07) is 10.0. The summed E-state index contributed by atoms with van der Waals surface area (Å²) < 4.78 is 0. The molecule has 1 aliphatic heterocycles. The molecule has 0 aliphatic carbocycles. The maximum Gasteiger partial charge on any atom is 0.317 e. The highest BCUT2D eigenvalue weighted by molar-refractivity contribution is 5.75. The zero-order chi connectivity index (χ0) is 15.2. The molecule has 1 aromatic carbocycles. The molecule has 1 aliphatic rings. The van der Waals surface area contributed by atoms with Crippen molar-refractivity contribution in [2.45, 2.75) is 38.1 Å². The molecule has 1 fully saturated rings. The van der Waals surface area contributed by atoms with Crippen LogP contribution in [0.5, 0.6) is 0 Å². The molecule has 2 unspecified atom stereocenters. The smallest absolute Gasteiger partial charge is 0.317 e. The number of carboxylic acids is 1. The van der Waals surface area contributed by atoms with Gasteiger partial charge in [-0.1, -0.05) is 30.3 Å². The third kappa shape index (κ3) is 4.48. The Bertz CT molecular complexity index is 490. The number of carboxylic acid groups (broad SMARTS) is 1. The Hall–Kier alpha value is -2.04. The predicted molar refractivity (Wildman–Crippen MR) is 80.2 cm³/mol. The van der Waals surface area contributed by atoms with Crippen molar-refractivity contribution in [3.63, 3.8) is 0 Å². The summed E-state index contributed by atoms with van der Waals surface area (Å²) in [4.78, 5) is 24.5. The molecular formula is C16H22N2O3. The molecule has 0 bridgehead atoms. The minimum atomic E-state index is -0.832. The number of amides is 2. The van der Waals surface area contributed by atoms with Crippen molar-refractivity contribution < 1.29 is 14.7 Å². The van der Waals surface area contributed by atoms with E-state index < -0.39 is 5.97 Å². The molecule has 5 heteroatoms. The number of hydrogen-bond acceptors (Lipinski definition) is 2. The van der Waals surface area contributed by atoms with Crippen LogP contribution in [0.25, 0.3) is 0 Å². The summed E-state index contributed by atoms with van der Waals surface area (Å²) in [5.74, 6) is -0.437. The van der Waals surface area contributed by atoms with E-state index in [2.05, 4.69) is 17.4 Å². The number of carbonyl (C=O) groups excluding carboxylic acids is 1. The quantitative estimate of drug-likeness (QED) is 0.875. The molecule has 1 heterocycles. The first-order chi connectivity index (χ1) is 10.1. The number of likely N-dealkylation sites (tertiary alicyclic amines) is 1. The van der Waals surface area contributed by atoms with Crippen LogP contribution in [0.4, 0.5) is 4.79 Å². The molecule has 5 nitrogen and oxygen atoms in total. The second-order valence-corrected chi connectivity index (χ2v) is 5.63. The van der Waals surface area contributed by atoms with Crippen LogP contribution in [0, 0.1) is 0 Å². The molecule has 2 amide bonds. The first-order valence-corrected chi connectivity index (χ1v) is 7.38. The molecule has 2 rings (SSSR count). The lowest BCUT2D eigenvalue weighted by Crippen LogP contribution is -2.42. The highest BCUT2D eigenvalue weighted by Gasteiger charge is 2.27. The first kappa shape index (κ1) is 15.4. The Kier molecular flexibility index (Phi) is 5.20. The van der Waals surface area contributed by atoms with Gasteiger partial charge in [0.05, 0.1) is 0 Å². The van der Waals surface area contributed by atoms with Crippen LogP contribution < -0.4 is 5.32 Å². The first-order valence-electron chi connectivity index (χ1n) is 7.38. The van der Waals surface area contributed by atoms with Crippen molar-refractivity contribution in [1.82, 2.24) is 10.2 Å². The topological polar surface area (TPSA) is 69.6 Å². The Morgan fingerprint density at radius 2 is 2.10 bits per heavy atom. The summed E-state index contributed by atoms with van der Waals surface area (Å²) in [5.41, 5.74) is 1.27. The van der Waals surface area contributed by atoms with Crippen molar-refractivity contribution in [3.8, 4) is 0 Å². The number of rotatable bonds is 5. The normalized spacial score (nSPS) is 19.3. The lowest BCUT2D eigenvalue weighted by molar-refractivity contribution is -0.137. The maximum absolute atomic E-state index is 12.1. The van der Waals surface area contributed by atoms with Crippen molar-refractivity contribution >= 4 is 12.0 Å². The van der Waals surface area contributed by atoms with Gasteiger partial charge in [-0.2, -0.15) is 0 Å². The molecule has 0 saturated carbocycles. The van der Waals surface area contributed by atoms with E-state index in [-0.39, 0.29) is 18.5 Å². The van der Waals surface area contributed by atoms with Crippen molar-refractivity contribution in [2.24, 2.45) is 0 Å². The van der Waals surface area contributed by atoms with E-state index in [4.69, 9.17) is 5.11 Å². The van der Waals surface area contributed by atoms with Gasteiger partial charge in [0.2, 0.25) is 0 Å². The number of nitrogens with one attached hydrogen (secondary N) is 1. The highest BCUT2D eigenvalue weighted by atomic mass is 16.4. The van der Waals surface area contributed by atoms with E-state index >= 15 is 0 Å². The van der Waals surface area contributed by atoms with Crippen LogP contribution >= 0.6 is 0 Å². The largest absolute Gasteiger partial charge is 0.481 e. The molecule has 2 atom stereocenters. The van der Waals surface area contributed by atoms with Gasteiger partial charge < -0.3 is 15.3 Å². The molecular weight excluding hydrogens is 268 g/mol. The van der Waals surface area contributed by atoms with Gasteiger partial charge in [0.25, 0.3) is 0 Å². The monoisotopic (exact) mass is 290 g/mol. The number of carbonyl (C=O) groups is 2. The third-order valence-corrected chi connectivity index (χ3v) is 3.91. The van der Waals surface area contributed by atoms with Crippen LogP contribution in [0.15, 0.2) is 30.3 Å². The van der Waals surface area contributed by atoms with Crippen LogP contribution in [0.3, 0.4) is 0 Å². The van der Waals surface area contributed by atoms with Gasteiger partial charge in [0, 0.05) is 31.5 Å². The van der Waals surface area contributed by atoms with Gasteiger partial charge in [-0.15, -0.1) is 0 Å². The van der Waals surface area contributed by atoms with E-state index in [9.17, 15) is 9.59 Å². The van der Waals surface area contributed by atoms with Gasteiger partial charge >= 0.3 is 12.0 Å². The molecule has 114 valence electrons. The Morgan fingerprint density at radius 1 is 1.38 bits per heavy atom. The van der Waals surface area contributed by atoms with Crippen LogP contribution in [0.1, 0.15) is 37.7 Å². The van der Waals surface area contributed by atoms with E-state index in [0.717, 1.165) is 19.5 Å². The van der Waals surface area contributed by atoms with Crippen LogP contribution in [0.2, 0.25) is 0 Å². The summed E-state index contributed by atoms with van der Waals surface area (Å²) in [7, 11) is 0. The van der Waals surface area contributed by atoms with Crippen LogP contribution in [-0.4, -0.2) is 41.1 Å². The van der Waals surface area contributed by atoms with Gasteiger partial charge in [0.15, 0.2) is 0 Å². The molecule has 0 aromatic heterocycles. The minimum absolute atomic E-state index is 0.0775. The summed E-state index contributed by atoms with van der Waals surface area (Å²) in [6.07, 6.45) is 1.51. The maximum atomic E-state index is 12.1. The fourth-order valence-corrected chi connectivity index (χ4v) is 2.66. The molecule has 0 spiro atoms. The third-order valence-electron chi connectivity index (χ3n) is 3.91. The zero-order valence-corrected chi connectivity index (χ0v) is 12.3. The van der Waals surface area contributed by atoms with Gasteiger partial charge in [0.1, 0.15) is 0 Å². The summed E-state index contributed by atoms with van der Waals surface area (Å²) in [5, 5.41) is 11.5. The van der Waals surface area contributed by atoms with Crippen molar-refractivity contribution in [2.75, 3.05) is 13.1 Å². The lowest BCUT2D eigenvalue weighted by Gasteiger charge is -2.21. The molecule has 0 radical (unpaired) electrons. The molecule has 1 aromatic rings. The Morgan fingerprint density at radius 3 is 2.76 bits per heavy atom. The Labute approximate surface area is 125 Å². The fraction of sp³-hybridized carbons (Fsp3) is 0.500. The lowest BCUT2D eigenvalue weighted by atomic mass is 9.99. The van der Waals surface area contributed by atoms with E-state index in [1.807, 2.05) is 30.0 Å². The number of aliphatic carboxylic acids is 1. The molecule has 2 N–H and O–H groups in total. The standard InChI is InChI=1S/C16H22N2O3/c1-12(7-8-15(19)20)17-16(21)18-10-9-14(11-18)13-5-3-2-4-6-13/h2-6,12,14H,7-11H2,1H3,(H,17,21)(H,19,20). The number of urea groups is 1. The Balaban J connectivity index is 1.81. The van der Waals surface area contributed by atoms with Crippen molar-refractivity contribution in [1.29, 1.82) is 0 Å². The van der Waals surface area contributed by atoms with E-state index in [0.29, 0.717) is 12.3 Å². The second-order valence-electron chi connectivity index (χ2n) is 5.63. The fourth-order valence-electron chi connectivity index (χ4n) is 2.66. The van der Waals surface area contributed by atoms with E-state index in [1.54, 1.807) is 0 Å². The SMILES string of the molecule is CC(CCC(=O)O)NC(=O)N1CCC(c2ccccc2)C1. The summed E-state index contributed by atoms with van der Waals surface area (Å²) in [6.45, 7) is 3.31. The molecule has 21 heavy (non-hydrogen) atoms.